The van der Waals surface area contributed by atoms with E-state index in [1.165, 1.54) is 0 Å². The Morgan fingerprint density at radius 3 is 2.20 bits per heavy atom. The molecule has 4 nitrogen and oxygen atoms in total. The van der Waals surface area contributed by atoms with E-state index < -0.39 is 5.54 Å². The molecule has 0 bridgehead atoms. The summed E-state index contributed by atoms with van der Waals surface area (Å²) in [5.41, 5.74) is -0.820. The van der Waals surface area contributed by atoms with E-state index in [0.29, 0.717) is 6.42 Å². The molecule has 20 heavy (non-hydrogen) atoms. The molecule has 1 unspecified atom stereocenters. The van der Waals surface area contributed by atoms with E-state index >= 15 is 0 Å². The fourth-order valence-corrected chi connectivity index (χ4v) is 3.76. The molecule has 2 rings (SSSR count). The first-order chi connectivity index (χ1) is 9.44. The zero-order valence-corrected chi connectivity index (χ0v) is 13.3. The van der Waals surface area contributed by atoms with Crippen LogP contribution < -0.4 is 5.32 Å². The molecule has 1 N–H and O–H groups in total. The van der Waals surface area contributed by atoms with Crippen LogP contribution in [0.3, 0.4) is 0 Å². The molecule has 1 aliphatic carbocycles. The summed E-state index contributed by atoms with van der Waals surface area (Å²) in [5.74, 6) is 0.203. The molecule has 2 fully saturated rings. The van der Waals surface area contributed by atoms with Gasteiger partial charge in [-0.1, -0.05) is 33.6 Å². The molecular formula is C16H28N2O2. The predicted octanol–water partition coefficient (Wildman–Crippen LogP) is 2.61. The second-order valence-electron chi connectivity index (χ2n) is 6.58. The van der Waals surface area contributed by atoms with Gasteiger partial charge in [-0.3, -0.25) is 9.59 Å². The highest BCUT2D eigenvalue weighted by Crippen LogP contribution is 2.39. The van der Waals surface area contributed by atoms with Crippen molar-refractivity contribution in [2.75, 3.05) is 0 Å². The third-order valence-corrected chi connectivity index (χ3v) is 5.55. The molecule has 0 aromatic rings. The highest BCUT2D eigenvalue weighted by Gasteiger charge is 2.55. The number of carbonyl (C=O) groups is 2. The average molecular weight is 280 g/mol. The lowest BCUT2D eigenvalue weighted by molar-refractivity contribution is -0.163. The maximum absolute atomic E-state index is 13.1. The van der Waals surface area contributed by atoms with E-state index in [2.05, 4.69) is 26.1 Å². The molecule has 1 heterocycles. The van der Waals surface area contributed by atoms with Crippen LogP contribution in [0.1, 0.15) is 72.6 Å². The van der Waals surface area contributed by atoms with Crippen molar-refractivity contribution < 1.29 is 9.59 Å². The average Bonchev–Trinajstić information content (AvgIpc) is 2.91. The van der Waals surface area contributed by atoms with Gasteiger partial charge in [0.25, 0.3) is 0 Å². The highest BCUT2D eigenvalue weighted by atomic mass is 16.2. The van der Waals surface area contributed by atoms with Crippen LogP contribution in [0.4, 0.5) is 0 Å². The number of amides is 2. The van der Waals surface area contributed by atoms with Gasteiger partial charge in [-0.2, -0.15) is 0 Å². The Morgan fingerprint density at radius 2 is 1.75 bits per heavy atom. The normalized spacial score (nSPS) is 26.2. The van der Waals surface area contributed by atoms with Crippen LogP contribution in [0.2, 0.25) is 0 Å². The lowest BCUT2D eigenvalue weighted by Gasteiger charge is -2.52. The minimum absolute atomic E-state index is 0.0436. The minimum Gasteiger partial charge on any atom is -0.340 e. The van der Waals surface area contributed by atoms with E-state index in [4.69, 9.17) is 0 Å². The van der Waals surface area contributed by atoms with Crippen LogP contribution in [0, 0.1) is 0 Å². The second kappa shape index (κ2) is 5.38. The van der Waals surface area contributed by atoms with E-state index in [0.717, 1.165) is 38.5 Å². The summed E-state index contributed by atoms with van der Waals surface area (Å²) in [7, 11) is 0. The smallest absolute Gasteiger partial charge is 0.249 e. The van der Waals surface area contributed by atoms with Crippen molar-refractivity contribution in [1.82, 2.24) is 10.2 Å². The van der Waals surface area contributed by atoms with E-state index in [1.54, 1.807) is 0 Å². The molecule has 2 aliphatic rings. The van der Waals surface area contributed by atoms with Crippen LogP contribution in [-0.2, 0) is 9.59 Å². The zero-order chi connectivity index (χ0) is 15.0. The number of piperazine rings is 1. The van der Waals surface area contributed by atoms with Crippen molar-refractivity contribution in [2.45, 2.75) is 89.8 Å². The van der Waals surface area contributed by atoms with Gasteiger partial charge in [-0.15, -0.1) is 0 Å². The second-order valence-corrected chi connectivity index (χ2v) is 6.58. The van der Waals surface area contributed by atoms with Crippen LogP contribution in [0.25, 0.3) is 0 Å². The van der Waals surface area contributed by atoms with E-state index in [1.807, 2.05) is 11.8 Å². The van der Waals surface area contributed by atoms with Gasteiger partial charge in [0.15, 0.2) is 0 Å². The minimum atomic E-state index is -0.603. The van der Waals surface area contributed by atoms with Gasteiger partial charge in [0.2, 0.25) is 11.8 Å². The zero-order valence-electron chi connectivity index (χ0n) is 13.3. The van der Waals surface area contributed by atoms with Crippen LogP contribution >= 0.6 is 0 Å². The largest absolute Gasteiger partial charge is 0.340 e. The van der Waals surface area contributed by atoms with Crippen molar-refractivity contribution >= 4 is 11.8 Å². The Bertz CT molecular complexity index is 395. The number of carbonyl (C=O) groups excluding carboxylic acids is 2. The fourth-order valence-electron chi connectivity index (χ4n) is 3.76. The molecule has 0 aromatic heterocycles. The standard InChI is InChI=1S/C16H28N2O2/c1-5-12-13(19)17-16(10-8-9-11-16)14(20)18(12)15(4,6-2)7-3/h12H,5-11H2,1-4H3,(H,17,19). The van der Waals surface area contributed by atoms with Gasteiger partial charge in [-0.05, 0) is 39.0 Å². The maximum Gasteiger partial charge on any atom is 0.249 e. The van der Waals surface area contributed by atoms with Crippen LogP contribution in [0.5, 0.6) is 0 Å². The monoisotopic (exact) mass is 280 g/mol. The SMILES string of the molecule is CCC1C(=O)NC2(CCCC2)C(=O)N1C(C)(CC)CC. The first kappa shape index (κ1) is 15.3. The van der Waals surface area contributed by atoms with Crippen molar-refractivity contribution in [1.29, 1.82) is 0 Å². The Balaban J connectivity index is 2.42. The van der Waals surface area contributed by atoms with Crippen molar-refractivity contribution in [2.24, 2.45) is 0 Å². The van der Waals surface area contributed by atoms with Crippen molar-refractivity contribution in [3.05, 3.63) is 0 Å². The highest BCUT2D eigenvalue weighted by molar-refractivity contribution is 6.00. The van der Waals surface area contributed by atoms with Gasteiger partial charge in [0.1, 0.15) is 11.6 Å². The van der Waals surface area contributed by atoms with Crippen molar-refractivity contribution in [3.8, 4) is 0 Å². The van der Waals surface area contributed by atoms with Gasteiger partial charge >= 0.3 is 0 Å². The first-order valence-corrected chi connectivity index (χ1v) is 8.10. The lowest BCUT2D eigenvalue weighted by Crippen LogP contribution is -2.73. The van der Waals surface area contributed by atoms with Crippen LogP contribution in [-0.4, -0.2) is 33.8 Å². The quantitative estimate of drug-likeness (QED) is 0.860. The number of rotatable bonds is 4. The summed E-state index contributed by atoms with van der Waals surface area (Å²) in [4.78, 5) is 27.6. The first-order valence-electron chi connectivity index (χ1n) is 8.10. The predicted molar refractivity (Wildman–Crippen MR) is 79.3 cm³/mol. The van der Waals surface area contributed by atoms with E-state index in [9.17, 15) is 9.59 Å². The fraction of sp³-hybridized carbons (Fsp3) is 0.875. The summed E-state index contributed by atoms with van der Waals surface area (Å²) in [6, 6.07) is -0.307. The number of nitrogens with one attached hydrogen (secondary N) is 1. The molecule has 0 aromatic carbocycles. The maximum atomic E-state index is 13.1. The molecule has 2 amide bonds. The summed E-state index contributed by atoms with van der Waals surface area (Å²) < 4.78 is 0. The van der Waals surface area contributed by atoms with E-state index in [-0.39, 0.29) is 23.4 Å². The third kappa shape index (κ3) is 2.13. The van der Waals surface area contributed by atoms with Crippen LogP contribution in [0.15, 0.2) is 0 Å². The van der Waals surface area contributed by atoms with Gasteiger partial charge in [-0.25, -0.2) is 0 Å². The lowest BCUT2D eigenvalue weighted by atomic mass is 9.83. The Morgan fingerprint density at radius 1 is 1.20 bits per heavy atom. The summed E-state index contributed by atoms with van der Waals surface area (Å²) >= 11 is 0. The molecule has 4 heteroatoms. The van der Waals surface area contributed by atoms with Crippen molar-refractivity contribution in [3.63, 3.8) is 0 Å². The summed E-state index contributed by atoms with van der Waals surface area (Å²) in [5, 5.41) is 3.06. The Labute approximate surface area is 122 Å². The molecular weight excluding hydrogens is 252 g/mol. The Hall–Kier alpha value is -1.06. The van der Waals surface area contributed by atoms with Gasteiger partial charge in [0, 0.05) is 5.54 Å². The molecule has 114 valence electrons. The molecule has 0 radical (unpaired) electrons. The van der Waals surface area contributed by atoms with Gasteiger partial charge < -0.3 is 10.2 Å². The summed E-state index contributed by atoms with van der Waals surface area (Å²) in [6.45, 7) is 8.33. The topological polar surface area (TPSA) is 49.4 Å². The Kier molecular flexibility index (Phi) is 4.12. The number of nitrogens with zero attached hydrogens (tertiary/aromatic N) is 1. The molecule has 1 spiro atoms. The number of hydrogen-bond donors (Lipinski definition) is 1. The number of hydrogen-bond acceptors (Lipinski definition) is 2. The molecule has 1 saturated carbocycles. The van der Waals surface area contributed by atoms with Gasteiger partial charge in [0.05, 0.1) is 0 Å². The third-order valence-electron chi connectivity index (χ3n) is 5.55. The molecule has 1 saturated heterocycles. The molecule has 1 atom stereocenters. The summed E-state index contributed by atoms with van der Waals surface area (Å²) in [6.07, 6.45) is 6.12. The molecule has 1 aliphatic heterocycles.